The summed E-state index contributed by atoms with van der Waals surface area (Å²) in [5, 5.41) is 6.79. The van der Waals surface area contributed by atoms with Crippen molar-refractivity contribution in [3.63, 3.8) is 0 Å². The van der Waals surface area contributed by atoms with Crippen LogP contribution in [0.2, 0.25) is 0 Å². The van der Waals surface area contributed by atoms with Gasteiger partial charge in [0.15, 0.2) is 11.6 Å². The SMILES string of the molecule is c1ccc(-c2nc(-c3cccc4c3oc3ccccc34)nc(-n3c4ccccc4c4cc5ccccc5cc43)n2)cc1. The van der Waals surface area contributed by atoms with Gasteiger partial charge in [-0.05, 0) is 41.1 Å². The molecule has 0 radical (unpaired) electrons. The van der Waals surface area contributed by atoms with E-state index in [0.717, 1.165) is 54.9 Å². The van der Waals surface area contributed by atoms with Gasteiger partial charge in [0.05, 0.1) is 16.6 Å². The fourth-order valence-corrected chi connectivity index (χ4v) is 6.10. The minimum Gasteiger partial charge on any atom is -0.455 e. The van der Waals surface area contributed by atoms with E-state index in [1.165, 1.54) is 10.8 Å². The Morgan fingerprint density at radius 3 is 2.05 bits per heavy atom. The third-order valence-electron chi connectivity index (χ3n) is 8.04. The highest BCUT2D eigenvalue weighted by molar-refractivity contribution is 6.13. The van der Waals surface area contributed by atoms with Crippen LogP contribution in [-0.2, 0) is 0 Å². The summed E-state index contributed by atoms with van der Waals surface area (Å²) < 4.78 is 8.56. The summed E-state index contributed by atoms with van der Waals surface area (Å²) >= 11 is 0. The molecule has 0 fully saturated rings. The molecule has 0 amide bonds. The quantitative estimate of drug-likeness (QED) is 0.225. The van der Waals surface area contributed by atoms with Gasteiger partial charge in [-0.25, -0.2) is 4.98 Å². The Morgan fingerprint density at radius 2 is 1.17 bits per heavy atom. The van der Waals surface area contributed by atoms with Gasteiger partial charge >= 0.3 is 0 Å². The maximum Gasteiger partial charge on any atom is 0.238 e. The molecule has 0 saturated heterocycles. The number of para-hydroxylation sites is 3. The van der Waals surface area contributed by atoms with E-state index in [-0.39, 0.29) is 0 Å². The first-order valence-corrected chi connectivity index (χ1v) is 14.0. The van der Waals surface area contributed by atoms with E-state index < -0.39 is 0 Å². The highest BCUT2D eigenvalue weighted by Crippen LogP contribution is 2.37. The predicted octanol–water partition coefficient (Wildman–Crippen LogP) is 9.36. The number of nitrogens with zero attached hydrogens (tertiary/aromatic N) is 4. The average Bonchev–Trinajstić information content (AvgIpc) is 3.59. The van der Waals surface area contributed by atoms with Crippen LogP contribution < -0.4 is 0 Å². The monoisotopic (exact) mass is 538 g/mol. The number of aromatic nitrogens is 4. The van der Waals surface area contributed by atoms with Crippen LogP contribution in [0, 0.1) is 0 Å². The molecule has 0 N–H and O–H groups in total. The molecule has 42 heavy (non-hydrogen) atoms. The largest absolute Gasteiger partial charge is 0.455 e. The lowest BCUT2D eigenvalue weighted by Gasteiger charge is -2.11. The Bertz CT molecular complexity index is 2470. The van der Waals surface area contributed by atoms with Gasteiger partial charge in [-0.3, -0.25) is 4.57 Å². The molecule has 3 aromatic heterocycles. The van der Waals surface area contributed by atoms with Gasteiger partial charge in [0.25, 0.3) is 0 Å². The zero-order valence-electron chi connectivity index (χ0n) is 22.4. The zero-order valence-corrected chi connectivity index (χ0v) is 22.4. The normalized spacial score (nSPS) is 11.8. The second-order valence-electron chi connectivity index (χ2n) is 10.5. The van der Waals surface area contributed by atoms with Gasteiger partial charge in [0.2, 0.25) is 5.95 Å². The zero-order chi connectivity index (χ0) is 27.6. The molecule has 6 aromatic carbocycles. The van der Waals surface area contributed by atoms with E-state index in [0.29, 0.717) is 17.6 Å². The summed E-state index contributed by atoms with van der Waals surface area (Å²) in [4.78, 5) is 15.3. The van der Waals surface area contributed by atoms with Crippen molar-refractivity contribution < 1.29 is 4.42 Å². The number of hydrogen-bond donors (Lipinski definition) is 0. The Morgan fingerprint density at radius 1 is 0.476 bits per heavy atom. The average molecular weight is 539 g/mol. The molecule has 0 atom stereocenters. The Hall–Kier alpha value is -5.81. The van der Waals surface area contributed by atoms with Crippen molar-refractivity contribution in [1.82, 2.24) is 19.5 Å². The van der Waals surface area contributed by atoms with Gasteiger partial charge in [0.1, 0.15) is 11.2 Å². The van der Waals surface area contributed by atoms with Crippen LogP contribution in [-0.4, -0.2) is 19.5 Å². The molecule has 0 aliphatic carbocycles. The van der Waals surface area contributed by atoms with E-state index in [1.54, 1.807) is 0 Å². The number of benzene rings is 6. The minimum absolute atomic E-state index is 0.563. The second kappa shape index (κ2) is 8.85. The molecule has 0 aliphatic rings. The third kappa shape index (κ3) is 3.40. The lowest BCUT2D eigenvalue weighted by Crippen LogP contribution is -2.06. The maximum atomic E-state index is 6.40. The second-order valence-corrected chi connectivity index (χ2v) is 10.5. The lowest BCUT2D eigenvalue weighted by atomic mass is 10.1. The fourth-order valence-electron chi connectivity index (χ4n) is 6.10. The summed E-state index contributed by atoms with van der Waals surface area (Å²) in [7, 11) is 0. The summed E-state index contributed by atoms with van der Waals surface area (Å²) in [6, 6.07) is 45.7. The molecule has 9 rings (SSSR count). The first kappa shape index (κ1) is 22.9. The van der Waals surface area contributed by atoms with Crippen molar-refractivity contribution in [1.29, 1.82) is 0 Å². The van der Waals surface area contributed by atoms with Crippen LogP contribution in [0.4, 0.5) is 0 Å². The smallest absolute Gasteiger partial charge is 0.238 e. The van der Waals surface area contributed by atoms with Crippen molar-refractivity contribution in [3.8, 4) is 28.7 Å². The van der Waals surface area contributed by atoms with Gasteiger partial charge in [-0.2, -0.15) is 9.97 Å². The number of hydrogen-bond acceptors (Lipinski definition) is 4. The minimum atomic E-state index is 0.563. The van der Waals surface area contributed by atoms with E-state index in [9.17, 15) is 0 Å². The summed E-state index contributed by atoms with van der Waals surface area (Å²) in [5.41, 5.74) is 5.45. The van der Waals surface area contributed by atoms with E-state index in [4.69, 9.17) is 19.4 Å². The standard InChI is InChI=1S/C37H22N4O/c1-2-11-23(12-3-1)35-38-36(29-18-10-17-28-27-16-7-9-20-33(27)42-34(28)29)40-37(39-35)41-31-19-8-6-15-26(31)30-21-24-13-4-5-14-25(24)22-32(30)41/h1-22H. The molecule has 196 valence electrons. The van der Waals surface area contributed by atoms with Crippen molar-refractivity contribution >= 4 is 54.5 Å². The molecule has 0 spiro atoms. The van der Waals surface area contributed by atoms with Crippen LogP contribution in [0.15, 0.2) is 138 Å². The van der Waals surface area contributed by atoms with Crippen molar-refractivity contribution in [2.24, 2.45) is 0 Å². The molecule has 5 heteroatoms. The molecule has 9 aromatic rings. The van der Waals surface area contributed by atoms with Crippen molar-refractivity contribution in [2.75, 3.05) is 0 Å². The fraction of sp³-hybridized carbons (Fsp3) is 0. The maximum absolute atomic E-state index is 6.40. The Balaban J connectivity index is 1.39. The number of rotatable bonds is 3. The van der Waals surface area contributed by atoms with Gasteiger partial charge in [-0.15, -0.1) is 0 Å². The first-order valence-electron chi connectivity index (χ1n) is 14.0. The topological polar surface area (TPSA) is 56.7 Å². The van der Waals surface area contributed by atoms with E-state index >= 15 is 0 Å². The molecule has 0 unspecified atom stereocenters. The third-order valence-corrected chi connectivity index (χ3v) is 8.04. The highest BCUT2D eigenvalue weighted by Gasteiger charge is 2.20. The van der Waals surface area contributed by atoms with Crippen molar-refractivity contribution in [3.05, 3.63) is 133 Å². The lowest BCUT2D eigenvalue weighted by molar-refractivity contribution is 0.669. The first-order chi connectivity index (χ1) is 20.8. The molecule has 0 aliphatic heterocycles. The summed E-state index contributed by atoms with van der Waals surface area (Å²) in [5.74, 6) is 1.74. The van der Waals surface area contributed by atoms with Gasteiger partial charge in [0, 0.05) is 27.1 Å². The Labute approximate surface area is 240 Å². The van der Waals surface area contributed by atoms with Crippen LogP contribution in [0.25, 0.3) is 83.2 Å². The summed E-state index contributed by atoms with van der Waals surface area (Å²) in [6.45, 7) is 0. The van der Waals surface area contributed by atoms with Gasteiger partial charge < -0.3 is 4.42 Å². The van der Waals surface area contributed by atoms with E-state index in [2.05, 4.69) is 77.4 Å². The molecule has 3 heterocycles. The number of furan rings is 1. The molecular formula is C37H22N4O. The predicted molar refractivity (Wildman–Crippen MR) is 170 cm³/mol. The molecule has 0 bridgehead atoms. The number of fused-ring (bicyclic) bond motifs is 7. The Kier molecular flexibility index (Phi) is 4.83. The molecular weight excluding hydrogens is 516 g/mol. The molecule has 0 saturated carbocycles. The molecule has 5 nitrogen and oxygen atoms in total. The van der Waals surface area contributed by atoms with Crippen LogP contribution in [0.5, 0.6) is 0 Å². The van der Waals surface area contributed by atoms with Crippen LogP contribution >= 0.6 is 0 Å². The van der Waals surface area contributed by atoms with Crippen LogP contribution in [0.3, 0.4) is 0 Å². The summed E-state index contributed by atoms with van der Waals surface area (Å²) in [6.07, 6.45) is 0. The van der Waals surface area contributed by atoms with Crippen LogP contribution in [0.1, 0.15) is 0 Å². The van der Waals surface area contributed by atoms with Crippen molar-refractivity contribution in [2.45, 2.75) is 0 Å². The van der Waals surface area contributed by atoms with Gasteiger partial charge in [-0.1, -0.05) is 103 Å². The van der Waals surface area contributed by atoms with E-state index in [1.807, 2.05) is 60.7 Å². The highest BCUT2D eigenvalue weighted by atomic mass is 16.3.